The SMILES string of the molecule is CC(C)(C)OC(=O)NCc1ccc(C(=O)N2CC[NH+](Cc3cccs3)CC2)cc1. The molecule has 2 heterocycles. The Bertz CT molecular complexity index is 805. The number of alkyl carbamates (subject to hydrolysis) is 1. The molecular formula is C22H30N3O3S+. The van der Waals surface area contributed by atoms with E-state index in [1.165, 1.54) is 9.78 Å². The van der Waals surface area contributed by atoms with Gasteiger partial charge in [0.1, 0.15) is 12.1 Å². The number of benzene rings is 1. The number of carbonyl (C=O) groups is 2. The molecule has 0 spiro atoms. The van der Waals surface area contributed by atoms with Crippen LogP contribution in [-0.4, -0.2) is 48.7 Å². The van der Waals surface area contributed by atoms with Crippen LogP contribution in [0.2, 0.25) is 0 Å². The Hall–Kier alpha value is -2.38. The van der Waals surface area contributed by atoms with E-state index in [2.05, 4.69) is 22.8 Å². The molecule has 2 N–H and O–H groups in total. The molecule has 1 aliphatic heterocycles. The number of quaternary nitrogens is 1. The van der Waals surface area contributed by atoms with Crippen LogP contribution in [0.25, 0.3) is 0 Å². The molecule has 29 heavy (non-hydrogen) atoms. The number of carbonyl (C=O) groups excluding carboxylic acids is 2. The molecule has 0 atom stereocenters. The van der Waals surface area contributed by atoms with E-state index in [1.807, 2.05) is 49.9 Å². The summed E-state index contributed by atoms with van der Waals surface area (Å²) in [6.45, 7) is 10.4. The molecule has 1 fully saturated rings. The molecule has 7 heteroatoms. The first-order valence-corrected chi connectivity index (χ1v) is 10.9. The van der Waals surface area contributed by atoms with Gasteiger partial charge in [0, 0.05) is 12.1 Å². The van der Waals surface area contributed by atoms with Gasteiger partial charge in [0.15, 0.2) is 0 Å². The first kappa shape index (κ1) is 21.3. The highest BCUT2D eigenvalue weighted by atomic mass is 32.1. The van der Waals surface area contributed by atoms with Gasteiger partial charge in [-0.05, 0) is 49.9 Å². The van der Waals surface area contributed by atoms with Crippen molar-refractivity contribution in [3.8, 4) is 0 Å². The van der Waals surface area contributed by atoms with Crippen molar-refractivity contribution in [2.24, 2.45) is 0 Å². The Labute approximate surface area is 176 Å². The lowest BCUT2D eigenvalue weighted by atomic mass is 10.1. The van der Waals surface area contributed by atoms with Crippen molar-refractivity contribution < 1.29 is 19.2 Å². The summed E-state index contributed by atoms with van der Waals surface area (Å²) in [6, 6.07) is 11.7. The molecule has 1 saturated heterocycles. The Morgan fingerprint density at radius 3 is 2.41 bits per heavy atom. The summed E-state index contributed by atoms with van der Waals surface area (Å²) >= 11 is 1.79. The second-order valence-electron chi connectivity index (χ2n) is 8.35. The fourth-order valence-electron chi connectivity index (χ4n) is 3.30. The summed E-state index contributed by atoms with van der Waals surface area (Å²) in [7, 11) is 0. The Kier molecular flexibility index (Phi) is 6.92. The number of nitrogens with one attached hydrogen (secondary N) is 2. The number of amides is 2. The van der Waals surface area contributed by atoms with E-state index in [-0.39, 0.29) is 5.91 Å². The minimum absolute atomic E-state index is 0.0758. The maximum Gasteiger partial charge on any atom is 0.407 e. The smallest absolute Gasteiger partial charge is 0.407 e. The summed E-state index contributed by atoms with van der Waals surface area (Å²) in [5.41, 5.74) is 1.10. The van der Waals surface area contributed by atoms with Gasteiger partial charge in [-0.2, -0.15) is 0 Å². The number of thiophene rings is 1. The first-order chi connectivity index (χ1) is 13.8. The number of piperazine rings is 1. The van der Waals surface area contributed by atoms with Crippen molar-refractivity contribution in [3.63, 3.8) is 0 Å². The third-order valence-corrected chi connectivity index (χ3v) is 5.68. The van der Waals surface area contributed by atoms with Crippen LogP contribution < -0.4 is 10.2 Å². The quantitative estimate of drug-likeness (QED) is 0.786. The topological polar surface area (TPSA) is 63.1 Å². The van der Waals surface area contributed by atoms with Gasteiger partial charge >= 0.3 is 6.09 Å². The monoisotopic (exact) mass is 416 g/mol. The summed E-state index contributed by atoms with van der Waals surface area (Å²) in [4.78, 5) is 29.4. The minimum atomic E-state index is -0.518. The van der Waals surface area contributed by atoms with Crippen molar-refractivity contribution >= 4 is 23.3 Å². The van der Waals surface area contributed by atoms with Gasteiger partial charge in [-0.3, -0.25) is 4.79 Å². The molecule has 2 amide bonds. The highest BCUT2D eigenvalue weighted by molar-refractivity contribution is 7.09. The average Bonchev–Trinajstić information content (AvgIpc) is 3.19. The number of rotatable bonds is 5. The van der Waals surface area contributed by atoms with Gasteiger partial charge in [0.2, 0.25) is 0 Å². The van der Waals surface area contributed by atoms with E-state index in [4.69, 9.17) is 4.74 Å². The Morgan fingerprint density at radius 2 is 1.83 bits per heavy atom. The van der Waals surface area contributed by atoms with Gasteiger partial charge in [-0.25, -0.2) is 4.79 Å². The van der Waals surface area contributed by atoms with Crippen molar-refractivity contribution in [3.05, 3.63) is 57.8 Å². The first-order valence-electron chi connectivity index (χ1n) is 10.0. The van der Waals surface area contributed by atoms with Crippen molar-refractivity contribution in [1.82, 2.24) is 10.2 Å². The van der Waals surface area contributed by atoms with Crippen LogP contribution in [0.4, 0.5) is 4.79 Å². The summed E-state index contributed by atoms with van der Waals surface area (Å²) in [5, 5.41) is 4.84. The molecule has 2 aromatic rings. The molecule has 0 saturated carbocycles. The Morgan fingerprint density at radius 1 is 1.14 bits per heavy atom. The summed E-state index contributed by atoms with van der Waals surface area (Å²) in [6.07, 6.45) is -0.444. The molecule has 0 bridgehead atoms. The van der Waals surface area contributed by atoms with E-state index in [0.29, 0.717) is 12.1 Å². The van der Waals surface area contributed by atoms with Crippen molar-refractivity contribution in [2.45, 2.75) is 39.5 Å². The molecule has 6 nitrogen and oxygen atoms in total. The van der Waals surface area contributed by atoms with Crippen LogP contribution in [0.15, 0.2) is 41.8 Å². The van der Waals surface area contributed by atoms with Gasteiger partial charge in [-0.1, -0.05) is 18.2 Å². The van der Waals surface area contributed by atoms with Gasteiger partial charge in [0.05, 0.1) is 31.1 Å². The second kappa shape index (κ2) is 9.41. The molecule has 156 valence electrons. The fourth-order valence-corrected chi connectivity index (χ4v) is 4.08. The lowest BCUT2D eigenvalue weighted by Gasteiger charge is -2.32. The molecule has 1 aromatic heterocycles. The maximum absolute atomic E-state index is 12.8. The molecule has 3 rings (SSSR count). The van der Waals surface area contributed by atoms with Crippen LogP contribution in [0.5, 0.6) is 0 Å². The molecular weight excluding hydrogens is 386 g/mol. The summed E-state index contributed by atoms with van der Waals surface area (Å²) < 4.78 is 5.23. The molecule has 0 unspecified atom stereocenters. The van der Waals surface area contributed by atoms with Crippen LogP contribution in [0.1, 0.15) is 41.6 Å². The Balaban J connectivity index is 1.46. The van der Waals surface area contributed by atoms with Gasteiger partial charge in [0.25, 0.3) is 5.91 Å². The third-order valence-electron chi connectivity index (χ3n) is 4.80. The van der Waals surface area contributed by atoms with E-state index in [1.54, 1.807) is 11.3 Å². The second-order valence-corrected chi connectivity index (χ2v) is 9.38. The molecule has 0 radical (unpaired) electrons. The van der Waals surface area contributed by atoms with E-state index >= 15 is 0 Å². The normalized spacial score (nSPS) is 15.2. The van der Waals surface area contributed by atoms with Crippen molar-refractivity contribution in [1.29, 1.82) is 0 Å². The zero-order valence-electron chi connectivity index (χ0n) is 17.4. The molecule has 1 aromatic carbocycles. The molecule has 1 aliphatic rings. The zero-order chi connectivity index (χ0) is 20.9. The van der Waals surface area contributed by atoms with Crippen molar-refractivity contribution in [2.75, 3.05) is 26.2 Å². The largest absolute Gasteiger partial charge is 0.444 e. The maximum atomic E-state index is 12.8. The number of ether oxygens (including phenoxy) is 1. The predicted octanol–water partition coefficient (Wildman–Crippen LogP) is 2.31. The number of hydrogen-bond acceptors (Lipinski definition) is 4. The third kappa shape index (κ3) is 6.58. The van der Waals surface area contributed by atoms with Crippen LogP contribution in [0.3, 0.4) is 0 Å². The van der Waals surface area contributed by atoms with Crippen LogP contribution >= 0.6 is 11.3 Å². The van der Waals surface area contributed by atoms with E-state index in [0.717, 1.165) is 38.3 Å². The lowest BCUT2D eigenvalue weighted by Crippen LogP contribution is -3.13. The highest BCUT2D eigenvalue weighted by Crippen LogP contribution is 2.10. The minimum Gasteiger partial charge on any atom is -0.444 e. The fraction of sp³-hybridized carbons (Fsp3) is 0.455. The standard InChI is InChI=1S/C22H29N3O3S/c1-22(2,3)28-21(27)23-15-17-6-8-18(9-7-17)20(26)25-12-10-24(11-13-25)16-19-5-4-14-29-19/h4-9,14H,10-13,15-16H2,1-3H3,(H,23,27)/p+1. The average molecular weight is 417 g/mol. The molecule has 0 aliphatic carbocycles. The number of hydrogen-bond donors (Lipinski definition) is 2. The van der Waals surface area contributed by atoms with E-state index < -0.39 is 11.7 Å². The van der Waals surface area contributed by atoms with Gasteiger partial charge < -0.3 is 19.9 Å². The van der Waals surface area contributed by atoms with Gasteiger partial charge in [-0.15, -0.1) is 11.3 Å². The number of nitrogens with zero attached hydrogens (tertiary/aromatic N) is 1. The van der Waals surface area contributed by atoms with Crippen LogP contribution in [0, 0.1) is 0 Å². The highest BCUT2D eigenvalue weighted by Gasteiger charge is 2.24. The van der Waals surface area contributed by atoms with Crippen LogP contribution in [-0.2, 0) is 17.8 Å². The summed E-state index contributed by atoms with van der Waals surface area (Å²) in [5.74, 6) is 0.0758. The zero-order valence-corrected chi connectivity index (χ0v) is 18.2. The lowest BCUT2D eigenvalue weighted by molar-refractivity contribution is -0.917. The van der Waals surface area contributed by atoms with E-state index in [9.17, 15) is 9.59 Å². The predicted molar refractivity (Wildman–Crippen MR) is 114 cm³/mol.